The zero-order valence-corrected chi connectivity index (χ0v) is 11.7. The predicted molar refractivity (Wildman–Crippen MR) is 77.4 cm³/mol. The molecule has 0 aromatic carbocycles. The van der Waals surface area contributed by atoms with E-state index >= 15 is 0 Å². The van der Waals surface area contributed by atoms with Crippen LogP contribution in [0.15, 0.2) is 36.7 Å². The van der Waals surface area contributed by atoms with Gasteiger partial charge >= 0.3 is 0 Å². The Kier molecular flexibility index (Phi) is 2.71. The summed E-state index contributed by atoms with van der Waals surface area (Å²) >= 11 is 0. The van der Waals surface area contributed by atoms with Crippen molar-refractivity contribution in [3.05, 3.63) is 47.9 Å². The molecule has 20 heavy (non-hydrogen) atoms. The molecule has 0 saturated heterocycles. The lowest BCUT2D eigenvalue weighted by molar-refractivity contribution is 0.101. The molecule has 0 radical (unpaired) electrons. The largest absolute Gasteiger partial charge is 0.338 e. The van der Waals surface area contributed by atoms with E-state index in [0.717, 1.165) is 17.2 Å². The Hall–Kier alpha value is -2.43. The van der Waals surface area contributed by atoms with E-state index in [0.29, 0.717) is 5.56 Å². The predicted octanol–water partition coefficient (Wildman–Crippen LogP) is 2.68. The molecule has 0 saturated carbocycles. The lowest BCUT2D eigenvalue weighted by Crippen LogP contribution is -2.31. The lowest BCUT2D eigenvalue weighted by atomic mass is 10.00. The van der Waals surface area contributed by atoms with Gasteiger partial charge in [0.25, 0.3) is 0 Å². The van der Waals surface area contributed by atoms with Crippen molar-refractivity contribution in [2.75, 3.05) is 5.32 Å². The fourth-order valence-corrected chi connectivity index (χ4v) is 2.40. The summed E-state index contributed by atoms with van der Waals surface area (Å²) in [6.07, 6.45) is 5.43. The first-order valence-corrected chi connectivity index (χ1v) is 6.50. The molecule has 2 aromatic rings. The van der Waals surface area contributed by atoms with E-state index in [-0.39, 0.29) is 11.3 Å². The highest BCUT2D eigenvalue weighted by atomic mass is 16.1. The quantitative estimate of drug-likeness (QED) is 0.851. The third-order valence-corrected chi connectivity index (χ3v) is 3.39. The van der Waals surface area contributed by atoms with Crippen LogP contribution in [0.4, 0.5) is 5.82 Å². The molecule has 5 heteroatoms. The van der Waals surface area contributed by atoms with Crippen LogP contribution in [0.1, 0.15) is 36.8 Å². The summed E-state index contributed by atoms with van der Waals surface area (Å²) < 4.78 is 1.83. The van der Waals surface area contributed by atoms with E-state index in [9.17, 15) is 4.79 Å². The molecule has 1 aliphatic rings. The maximum Gasteiger partial charge on any atom is 0.165 e. The molecule has 3 rings (SSSR count). The number of carbonyl (C=O) groups excluding carboxylic acids is 1. The van der Waals surface area contributed by atoms with Crippen LogP contribution in [-0.4, -0.2) is 20.5 Å². The van der Waals surface area contributed by atoms with Gasteiger partial charge in [0.05, 0.1) is 28.7 Å². The standard InChI is InChI=1S/C15H16N4O/c1-10(20)11-9-17-19-14(11)18-13(8-15(19,2)3)12-6-4-5-7-16-12/h4-9,18H,1-3H3. The number of hydrogen-bond acceptors (Lipinski definition) is 4. The molecule has 0 spiro atoms. The van der Waals surface area contributed by atoms with Gasteiger partial charge in [0.15, 0.2) is 5.78 Å². The number of pyridine rings is 1. The molecule has 0 aliphatic carbocycles. The van der Waals surface area contributed by atoms with E-state index < -0.39 is 0 Å². The molecule has 1 N–H and O–H groups in total. The van der Waals surface area contributed by atoms with Gasteiger partial charge in [0.2, 0.25) is 0 Å². The fourth-order valence-electron chi connectivity index (χ4n) is 2.40. The molecule has 0 unspecified atom stereocenters. The van der Waals surface area contributed by atoms with Crippen molar-refractivity contribution in [2.45, 2.75) is 26.3 Å². The Morgan fingerprint density at radius 3 is 2.80 bits per heavy atom. The number of aromatic nitrogens is 3. The van der Waals surface area contributed by atoms with Crippen LogP contribution in [0.3, 0.4) is 0 Å². The van der Waals surface area contributed by atoms with Crippen molar-refractivity contribution in [1.82, 2.24) is 14.8 Å². The maximum absolute atomic E-state index is 11.7. The number of nitrogens with one attached hydrogen (secondary N) is 1. The molecular formula is C15H16N4O. The fraction of sp³-hybridized carbons (Fsp3) is 0.267. The lowest BCUT2D eigenvalue weighted by Gasteiger charge is -2.31. The highest BCUT2D eigenvalue weighted by Gasteiger charge is 2.30. The summed E-state index contributed by atoms with van der Waals surface area (Å²) in [4.78, 5) is 16.1. The summed E-state index contributed by atoms with van der Waals surface area (Å²) in [5.41, 5.74) is 2.02. The van der Waals surface area contributed by atoms with Crippen molar-refractivity contribution in [2.24, 2.45) is 0 Å². The minimum atomic E-state index is -0.318. The molecule has 1 aliphatic heterocycles. The molecule has 5 nitrogen and oxygen atoms in total. The van der Waals surface area contributed by atoms with Gasteiger partial charge in [0.1, 0.15) is 5.82 Å². The molecule has 102 valence electrons. The van der Waals surface area contributed by atoms with Gasteiger partial charge in [-0.15, -0.1) is 0 Å². The summed E-state index contributed by atoms with van der Waals surface area (Å²) in [6, 6.07) is 5.76. The minimum Gasteiger partial charge on any atom is -0.338 e. The highest BCUT2D eigenvalue weighted by molar-refractivity contribution is 6.00. The van der Waals surface area contributed by atoms with E-state index in [1.165, 1.54) is 0 Å². The average molecular weight is 268 g/mol. The van der Waals surface area contributed by atoms with Crippen molar-refractivity contribution in [1.29, 1.82) is 0 Å². The molecule has 3 heterocycles. The summed E-state index contributed by atoms with van der Waals surface area (Å²) in [6.45, 7) is 5.65. The monoisotopic (exact) mass is 268 g/mol. The second-order valence-corrected chi connectivity index (χ2v) is 5.43. The number of allylic oxidation sites excluding steroid dienone is 1. The van der Waals surface area contributed by atoms with Crippen LogP contribution in [0, 0.1) is 0 Å². The number of Topliss-reactive ketones (excluding diaryl/α,β-unsaturated/α-hetero) is 1. The van der Waals surface area contributed by atoms with Gasteiger partial charge in [-0.3, -0.25) is 9.78 Å². The van der Waals surface area contributed by atoms with E-state index in [1.54, 1.807) is 19.3 Å². The number of anilines is 1. The van der Waals surface area contributed by atoms with Crippen LogP contribution in [0.25, 0.3) is 5.70 Å². The Balaban J connectivity index is 2.12. The molecule has 2 aromatic heterocycles. The van der Waals surface area contributed by atoms with E-state index in [1.807, 2.05) is 22.9 Å². The van der Waals surface area contributed by atoms with Crippen LogP contribution in [0.2, 0.25) is 0 Å². The van der Waals surface area contributed by atoms with Gasteiger partial charge in [-0.2, -0.15) is 5.10 Å². The summed E-state index contributed by atoms with van der Waals surface area (Å²) in [5.74, 6) is 0.725. The van der Waals surface area contributed by atoms with Crippen LogP contribution >= 0.6 is 0 Å². The third kappa shape index (κ3) is 1.91. The summed E-state index contributed by atoms with van der Waals surface area (Å²) in [5, 5.41) is 7.60. The Morgan fingerprint density at radius 1 is 1.35 bits per heavy atom. The Bertz CT molecular complexity index is 698. The van der Waals surface area contributed by atoms with Crippen LogP contribution in [0.5, 0.6) is 0 Å². The maximum atomic E-state index is 11.7. The van der Waals surface area contributed by atoms with Crippen molar-refractivity contribution < 1.29 is 4.79 Å². The second kappa shape index (κ2) is 4.30. The van der Waals surface area contributed by atoms with E-state index in [2.05, 4.69) is 35.3 Å². The van der Waals surface area contributed by atoms with Crippen molar-refractivity contribution in [3.63, 3.8) is 0 Å². The zero-order valence-electron chi connectivity index (χ0n) is 11.7. The first-order chi connectivity index (χ1) is 9.49. The van der Waals surface area contributed by atoms with Gasteiger partial charge in [0, 0.05) is 6.20 Å². The van der Waals surface area contributed by atoms with Crippen molar-refractivity contribution >= 4 is 17.3 Å². The molecular weight excluding hydrogens is 252 g/mol. The first kappa shape index (κ1) is 12.6. The Labute approximate surface area is 117 Å². The normalized spacial score (nSPS) is 16.1. The summed E-state index contributed by atoms with van der Waals surface area (Å²) in [7, 11) is 0. The van der Waals surface area contributed by atoms with Crippen LogP contribution in [-0.2, 0) is 5.54 Å². The van der Waals surface area contributed by atoms with E-state index in [4.69, 9.17) is 0 Å². The van der Waals surface area contributed by atoms with Gasteiger partial charge < -0.3 is 5.32 Å². The van der Waals surface area contributed by atoms with Crippen molar-refractivity contribution in [3.8, 4) is 0 Å². The number of hydrogen-bond donors (Lipinski definition) is 1. The van der Waals surface area contributed by atoms with Gasteiger partial charge in [-0.25, -0.2) is 4.68 Å². The third-order valence-electron chi connectivity index (χ3n) is 3.39. The molecule has 0 fully saturated rings. The number of carbonyl (C=O) groups is 1. The topological polar surface area (TPSA) is 59.8 Å². The van der Waals surface area contributed by atoms with Gasteiger partial charge in [-0.1, -0.05) is 6.07 Å². The zero-order chi connectivity index (χ0) is 14.3. The molecule has 0 bridgehead atoms. The first-order valence-electron chi connectivity index (χ1n) is 6.50. The minimum absolute atomic E-state index is 0.00294. The number of nitrogens with zero attached hydrogens (tertiary/aromatic N) is 3. The number of rotatable bonds is 2. The number of ketones is 1. The molecule has 0 atom stereocenters. The molecule has 0 amide bonds. The highest BCUT2D eigenvalue weighted by Crippen LogP contribution is 2.34. The van der Waals surface area contributed by atoms with Crippen LogP contribution < -0.4 is 5.32 Å². The smallest absolute Gasteiger partial charge is 0.165 e. The Morgan fingerprint density at radius 2 is 2.15 bits per heavy atom. The second-order valence-electron chi connectivity index (χ2n) is 5.43. The van der Waals surface area contributed by atoms with Gasteiger partial charge in [-0.05, 0) is 39.0 Å². The number of fused-ring (bicyclic) bond motifs is 1. The SMILES string of the molecule is CC(=O)c1cnn2c1NC(c1ccccn1)=CC2(C)C. The average Bonchev–Trinajstić information content (AvgIpc) is 2.84.